The zero-order valence-corrected chi connectivity index (χ0v) is 14.4. The van der Waals surface area contributed by atoms with Crippen LogP contribution in [0.15, 0.2) is 30.5 Å². The molecule has 2 aliphatic rings. The summed E-state index contributed by atoms with van der Waals surface area (Å²) in [6.45, 7) is 0.857. The highest BCUT2D eigenvalue weighted by Crippen LogP contribution is 2.42. The lowest BCUT2D eigenvalue weighted by atomic mass is 10.0. The van der Waals surface area contributed by atoms with Crippen LogP contribution in [0.5, 0.6) is 11.9 Å². The third kappa shape index (κ3) is 2.59. The Labute approximate surface area is 145 Å². The van der Waals surface area contributed by atoms with Gasteiger partial charge >= 0.3 is 6.01 Å². The van der Waals surface area contributed by atoms with Crippen LogP contribution in [-0.2, 0) is 0 Å². The molecule has 2 aromatic rings. The van der Waals surface area contributed by atoms with Gasteiger partial charge in [0.15, 0.2) is 0 Å². The molecule has 4 rings (SSSR count). The second-order valence-electron chi connectivity index (χ2n) is 5.95. The van der Waals surface area contributed by atoms with Crippen LogP contribution in [0.3, 0.4) is 0 Å². The number of aromatic nitrogens is 2. The normalized spacial score (nSPS) is 16.5. The zero-order chi connectivity index (χ0) is 16.7. The molecule has 0 spiro atoms. The summed E-state index contributed by atoms with van der Waals surface area (Å²) >= 11 is 6.40. The van der Waals surface area contributed by atoms with E-state index in [4.69, 9.17) is 21.1 Å². The molecule has 5 nitrogen and oxygen atoms in total. The van der Waals surface area contributed by atoms with Gasteiger partial charge in [-0.2, -0.15) is 4.98 Å². The van der Waals surface area contributed by atoms with Crippen LogP contribution in [0.1, 0.15) is 18.4 Å². The SMILES string of the molecule is COc1ncc(-c2ccc3c(c2)N(C2CC2)CC=C3Cl)c(OC)n1. The minimum absolute atomic E-state index is 0.291. The number of ether oxygens (including phenoxy) is 2. The Hall–Kier alpha value is -2.27. The smallest absolute Gasteiger partial charge is 0.319 e. The molecule has 1 aliphatic heterocycles. The number of nitrogens with zero attached hydrogens (tertiary/aromatic N) is 3. The van der Waals surface area contributed by atoms with Gasteiger partial charge < -0.3 is 14.4 Å². The lowest BCUT2D eigenvalue weighted by Gasteiger charge is -2.30. The first-order valence-corrected chi connectivity index (χ1v) is 8.31. The van der Waals surface area contributed by atoms with Gasteiger partial charge in [-0.3, -0.25) is 0 Å². The standard InChI is InChI=1S/C18H18ClN3O2/c1-23-17-14(10-20-18(21-17)24-2)11-3-6-13-15(19)7-8-22(12-4-5-12)16(13)9-11/h3,6-7,9-10,12H,4-5,8H2,1-2H3. The Morgan fingerprint density at radius 3 is 2.71 bits per heavy atom. The molecule has 1 aliphatic carbocycles. The largest absolute Gasteiger partial charge is 0.480 e. The first-order chi connectivity index (χ1) is 11.7. The predicted octanol–water partition coefficient (Wildman–Crippen LogP) is 3.72. The number of hydrogen-bond acceptors (Lipinski definition) is 5. The average Bonchev–Trinajstić information content (AvgIpc) is 3.46. The molecule has 6 heteroatoms. The van der Waals surface area contributed by atoms with Gasteiger partial charge in [-0.05, 0) is 30.5 Å². The summed E-state index contributed by atoms with van der Waals surface area (Å²) in [4.78, 5) is 10.9. The summed E-state index contributed by atoms with van der Waals surface area (Å²) in [5.41, 5.74) is 4.08. The van der Waals surface area contributed by atoms with Crippen LogP contribution >= 0.6 is 11.6 Å². The van der Waals surface area contributed by atoms with Crippen molar-refractivity contribution in [2.24, 2.45) is 0 Å². The Bertz CT molecular complexity index is 818. The molecule has 1 aromatic heterocycles. The average molecular weight is 344 g/mol. The van der Waals surface area contributed by atoms with E-state index in [-0.39, 0.29) is 0 Å². The van der Waals surface area contributed by atoms with Gasteiger partial charge in [0.05, 0.1) is 19.8 Å². The maximum absolute atomic E-state index is 6.40. The van der Waals surface area contributed by atoms with E-state index in [9.17, 15) is 0 Å². The Morgan fingerprint density at radius 2 is 2.00 bits per heavy atom. The Morgan fingerprint density at radius 1 is 1.17 bits per heavy atom. The van der Waals surface area contributed by atoms with Crippen LogP contribution in [0.2, 0.25) is 0 Å². The van der Waals surface area contributed by atoms with Crippen LogP contribution in [0.25, 0.3) is 16.2 Å². The molecule has 0 radical (unpaired) electrons. The molecule has 0 amide bonds. The lowest BCUT2D eigenvalue weighted by Crippen LogP contribution is -2.28. The van der Waals surface area contributed by atoms with Crippen molar-refractivity contribution >= 4 is 22.3 Å². The van der Waals surface area contributed by atoms with Gasteiger partial charge in [0.1, 0.15) is 0 Å². The first-order valence-electron chi connectivity index (χ1n) is 7.93. The van der Waals surface area contributed by atoms with Crippen molar-refractivity contribution in [1.29, 1.82) is 0 Å². The van der Waals surface area contributed by atoms with Gasteiger partial charge in [-0.15, -0.1) is 0 Å². The van der Waals surface area contributed by atoms with Gasteiger partial charge in [-0.1, -0.05) is 23.7 Å². The minimum Gasteiger partial charge on any atom is -0.480 e. The molecule has 0 unspecified atom stereocenters. The molecule has 1 aromatic carbocycles. The van der Waals surface area contributed by atoms with Crippen LogP contribution in [0, 0.1) is 0 Å². The molecular weight excluding hydrogens is 326 g/mol. The molecule has 1 fully saturated rings. The highest BCUT2D eigenvalue weighted by atomic mass is 35.5. The number of hydrogen-bond donors (Lipinski definition) is 0. The molecule has 0 atom stereocenters. The highest BCUT2D eigenvalue weighted by Gasteiger charge is 2.32. The maximum Gasteiger partial charge on any atom is 0.319 e. The predicted molar refractivity (Wildman–Crippen MR) is 94.8 cm³/mol. The molecule has 1 saturated carbocycles. The van der Waals surface area contributed by atoms with Crippen molar-refractivity contribution < 1.29 is 9.47 Å². The van der Waals surface area contributed by atoms with Crippen molar-refractivity contribution in [2.45, 2.75) is 18.9 Å². The third-order valence-electron chi connectivity index (χ3n) is 4.44. The molecular formula is C18H18ClN3O2. The summed E-state index contributed by atoms with van der Waals surface area (Å²) in [5.74, 6) is 0.497. The summed E-state index contributed by atoms with van der Waals surface area (Å²) in [5, 5.41) is 0.811. The molecule has 124 valence electrons. The van der Waals surface area contributed by atoms with Crippen LogP contribution < -0.4 is 14.4 Å². The van der Waals surface area contributed by atoms with Crippen molar-refractivity contribution in [2.75, 3.05) is 25.7 Å². The molecule has 0 N–H and O–H groups in total. The number of methoxy groups -OCH3 is 2. The maximum atomic E-state index is 6.40. The van der Waals surface area contributed by atoms with Crippen molar-refractivity contribution in [1.82, 2.24) is 9.97 Å². The summed E-state index contributed by atoms with van der Waals surface area (Å²) in [6.07, 6.45) is 6.29. The first kappa shape index (κ1) is 15.3. The van der Waals surface area contributed by atoms with Crippen molar-refractivity contribution in [3.63, 3.8) is 0 Å². The Kier molecular flexibility index (Phi) is 3.81. The second-order valence-corrected chi connectivity index (χ2v) is 6.35. The monoisotopic (exact) mass is 343 g/mol. The van der Waals surface area contributed by atoms with Gasteiger partial charge in [0.2, 0.25) is 5.88 Å². The van der Waals surface area contributed by atoms with Crippen LogP contribution in [0.4, 0.5) is 5.69 Å². The van der Waals surface area contributed by atoms with E-state index in [1.54, 1.807) is 13.3 Å². The number of benzene rings is 1. The van der Waals surface area contributed by atoms with E-state index in [0.29, 0.717) is 17.9 Å². The number of rotatable bonds is 4. The van der Waals surface area contributed by atoms with E-state index < -0.39 is 0 Å². The lowest BCUT2D eigenvalue weighted by molar-refractivity contribution is 0.353. The quantitative estimate of drug-likeness (QED) is 0.846. The second kappa shape index (κ2) is 5.98. The number of anilines is 1. The summed E-state index contributed by atoms with van der Waals surface area (Å²) in [6, 6.07) is 7.14. The van der Waals surface area contributed by atoms with Gasteiger partial charge in [0.25, 0.3) is 0 Å². The molecule has 2 heterocycles. The van der Waals surface area contributed by atoms with E-state index in [1.807, 2.05) is 6.07 Å². The topological polar surface area (TPSA) is 47.5 Å². The highest BCUT2D eigenvalue weighted by molar-refractivity contribution is 6.49. The summed E-state index contributed by atoms with van der Waals surface area (Å²) < 4.78 is 10.5. The van der Waals surface area contributed by atoms with E-state index in [2.05, 4.69) is 33.1 Å². The fourth-order valence-electron chi connectivity index (χ4n) is 3.06. The molecule has 0 saturated heterocycles. The minimum atomic E-state index is 0.291. The Balaban J connectivity index is 1.80. The fraction of sp³-hybridized carbons (Fsp3) is 0.333. The molecule has 24 heavy (non-hydrogen) atoms. The van der Waals surface area contributed by atoms with Crippen molar-refractivity contribution in [3.05, 3.63) is 36.0 Å². The third-order valence-corrected chi connectivity index (χ3v) is 4.80. The van der Waals surface area contributed by atoms with E-state index >= 15 is 0 Å². The van der Waals surface area contributed by atoms with Gasteiger partial charge in [0, 0.05) is 35.1 Å². The summed E-state index contributed by atoms with van der Waals surface area (Å²) in [7, 11) is 3.13. The van der Waals surface area contributed by atoms with E-state index in [0.717, 1.165) is 28.3 Å². The number of fused-ring (bicyclic) bond motifs is 1. The van der Waals surface area contributed by atoms with Crippen LogP contribution in [-0.4, -0.2) is 36.8 Å². The fourth-order valence-corrected chi connectivity index (χ4v) is 3.29. The number of halogens is 1. The van der Waals surface area contributed by atoms with Gasteiger partial charge in [-0.25, -0.2) is 4.98 Å². The zero-order valence-electron chi connectivity index (χ0n) is 13.6. The van der Waals surface area contributed by atoms with E-state index in [1.165, 1.54) is 25.6 Å². The van der Waals surface area contributed by atoms with Crippen molar-refractivity contribution in [3.8, 4) is 23.0 Å². The molecule has 0 bridgehead atoms.